The summed E-state index contributed by atoms with van der Waals surface area (Å²) in [5.74, 6) is 0.974. The highest BCUT2D eigenvalue weighted by Crippen LogP contribution is 2.38. The summed E-state index contributed by atoms with van der Waals surface area (Å²) < 4.78 is 18.3. The lowest BCUT2D eigenvalue weighted by molar-refractivity contribution is 0.00263. The van der Waals surface area contributed by atoms with Crippen molar-refractivity contribution in [3.05, 3.63) is 69.8 Å². The molecule has 0 saturated carbocycles. The number of hydrogen-bond donors (Lipinski definition) is 2. The van der Waals surface area contributed by atoms with Gasteiger partial charge in [-0.15, -0.1) is 0 Å². The highest BCUT2D eigenvalue weighted by Gasteiger charge is 2.39. The largest absolute Gasteiger partial charge is 0.466 e. The zero-order valence-electron chi connectivity index (χ0n) is 21.5. The summed E-state index contributed by atoms with van der Waals surface area (Å²) in [5, 5.41) is 20.7. The van der Waals surface area contributed by atoms with E-state index in [2.05, 4.69) is 33.9 Å². The number of aliphatic hydroxyl groups is 2. The van der Waals surface area contributed by atoms with Gasteiger partial charge < -0.3 is 23.8 Å². The molecule has 0 bridgehead atoms. The molecule has 1 aromatic carbocycles. The van der Waals surface area contributed by atoms with Crippen LogP contribution in [-0.2, 0) is 28.6 Å². The summed E-state index contributed by atoms with van der Waals surface area (Å²) >= 11 is 0. The van der Waals surface area contributed by atoms with Crippen LogP contribution in [0.1, 0.15) is 57.6 Å². The van der Waals surface area contributed by atoms with Gasteiger partial charge in [0.15, 0.2) is 13.7 Å². The Morgan fingerprint density at radius 2 is 1.62 bits per heavy atom. The molecule has 0 aliphatic carbocycles. The van der Waals surface area contributed by atoms with Crippen LogP contribution in [0.15, 0.2) is 51.7 Å². The molecule has 0 amide bonds. The Morgan fingerprint density at radius 1 is 1.00 bits per heavy atom. The zero-order chi connectivity index (χ0) is 25.4. The molecule has 0 saturated heterocycles. The van der Waals surface area contributed by atoms with Crippen LogP contribution in [-0.4, -0.2) is 43.4 Å². The lowest BCUT2D eigenvalue weighted by atomic mass is 10.1. The van der Waals surface area contributed by atoms with Crippen LogP contribution in [0.3, 0.4) is 0 Å². The van der Waals surface area contributed by atoms with Gasteiger partial charge in [0.1, 0.15) is 11.5 Å². The van der Waals surface area contributed by atoms with Gasteiger partial charge in [-0.1, -0.05) is 58.0 Å². The molecule has 2 unspecified atom stereocenters. The molecule has 34 heavy (non-hydrogen) atoms. The molecule has 3 atom stereocenters. The van der Waals surface area contributed by atoms with E-state index in [4.69, 9.17) is 13.6 Å². The van der Waals surface area contributed by atoms with Crippen molar-refractivity contribution < 1.29 is 23.8 Å². The lowest BCUT2D eigenvalue weighted by Gasteiger charge is -2.39. The van der Waals surface area contributed by atoms with Gasteiger partial charge >= 0.3 is 0 Å². The number of ether oxygens (including phenoxy) is 1. The van der Waals surface area contributed by atoms with Crippen LogP contribution in [0.2, 0.25) is 18.1 Å². The van der Waals surface area contributed by atoms with E-state index < -0.39 is 20.5 Å². The van der Waals surface area contributed by atoms with Gasteiger partial charge in [-0.05, 0) is 30.1 Å². The van der Waals surface area contributed by atoms with Crippen molar-refractivity contribution in [2.24, 2.45) is 0 Å². The van der Waals surface area contributed by atoms with Gasteiger partial charge in [0.25, 0.3) is 0 Å². The van der Waals surface area contributed by atoms with Crippen LogP contribution in [0, 0.1) is 0 Å². The van der Waals surface area contributed by atoms with E-state index in [1.54, 1.807) is 0 Å². The Hall–Kier alpha value is -1.77. The molecular formula is C27H42O6Si. The maximum Gasteiger partial charge on any atom is 0.192 e. The van der Waals surface area contributed by atoms with Gasteiger partial charge in [0.05, 0.1) is 31.5 Å². The molecule has 190 valence electrons. The normalized spacial score (nSPS) is 15.2. The summed E-state index contributed by atoms with van der Waals surface area (Å²) in [6.07, 6.45) is 0.0199. The minimum atomic E-state index is -2.14. The van der Waals surface area contributed by atoms with Gasteiger partial charge in [0, 0.05) is 31.4 Å². The fourth-order valence-electron chi connectivity index (χ4n) is 3.41. The third-order valence-electron chi connectivity index (χ3n) is 6.43. The highest BCUT2D eigenvalue weighted by atomic mass is 28.4. The van der Waals surface area contributed by atoms with Crippen molar-refractivity contribution in [2.45, 2.75) is 96.4 Å². The van der Waals surface area contributed by atoms with E-state index in [1.165, 1.54) is 12.1 Å². The second kappa shape index (κ2) is 12.8. The van der Waals surface area contributed by atoms with Gasteiger partial charge in [-0.2, -0.15) is 0 Å². The van der Waals surface area contributed by atoms with Crippen molar-refractivity contribution in [2.75, 3.05) is 6.61 Å². The molecule has 7 heteroatoms. The average molecular weight is 491 g/mol. The first-order valence-electron chi connectivity index (χ1n) is 12.2. The monoisotopic (exact) mass is 490 g/mol. The predicted molar refractivity (Wildman–Crippen MR) is 137 cm³/mol. The van der Waals surface area contributed by atoms with Crippen molar-refractivity contribution in [1.29, 1.82) is 0 Å². The third-order valence-corrected chi connectivity index (χ3v) is 11.0. The smallest absolute Gasteiger partial charge is 0.192 e. The standard InChI is InChI=1S/C27H42O6Si/c1-7-21(28)13-24-14-22(29)15-25(32-24)17-26(33-34(5,6)27(2,3)4)16-23(30)19-31-18-20-11-9-8-10-12-20/h8-12,14-15,21,23,26,28,30H,7,13,16-19H2,1-6H3/t21?,23-,26?/m1/s1. The Labute approximate surface area is 205 Å². The Bertz CT molecular complexity index is 919. The van der Waals surface area contributed by atoms with Crippen molar-refractivity contribution in [3.8, 4) is 0 Å². The van der Waals surface area contributed by atoms with Crippen molar-refractivity contribution in [1.82, 2.24) is 0 Å². The second-order valence-electron chi connectivity index (χ2n) is 10.6. The topological polar surface area (TPSA) is 89.1 Å². The van der Waals surface area contributed by atoms with Gasteiger partial charge in [0.2, 0.25) is 0 Å². The molecule has 1 heterocycles. The molecule has 2 aromatic rings. The lowest BCUT2D eigenvalue weighted by Crippen LogP contribution is -2.45. The molecule has 2 N–H and O–H groups in total. The van der Waals surface area contributed by atoms with E-state index in [1.807, 2.05) is 37.3 Å². The summed E-state index contributed by atoms with van der Waals surface area (Å²) in [6.45, 7) is 13.4. The first-order valence-corrected chi connectivity index (χ1v) is 15.1. The maximum absolute atomic E-state index is 12.3. The number of rotatable bonds is 13. The number of hydrogen-bond acceptors (Lipinski definition) is 6. The molecule has 0 aliphatic rings. The second-order valence-corrected chi connectivity index (χ2v) is 15.3. The SMILES string of the molecule is CCC(O)Cc1cc(=O)cc(CC(C[C@@H](O)COCc2ccccc2)O[Si](C)(C)C(C)(C)C)o1. The summed E-state index contributed by atoms with van der Waals surface area (Å²) in [5.41, 5.74) is 0.897. The predicted octanol–water partition coefficient (Wildman–Crippen LogP) is 4.85. The fourth-order valence-corrected chi connectivity index (χ4v) is 4.78. The summed E-state index contributed by atoms with van der Waals surface area (Å²) in [7, 11) is -2.14. The van der Waals surface area contributed by atoms with E-state index in [-0.39, 0.29) is 23.2 Å². The molecule has 0 aliphatic heterocycles. The van der Waals surface area contributed by atoms with E-state index >= 15 is 0 Å². The minimum absolute atomic E-state index is 0.00602. The van der Waals surface area contributed by atoms with Crippen LogP contribution < -0.4 is 5.43 Å². The number of aliphatic hydroxyl groups excluding tert-OH is 2. The van der Waals surface area contributed by atoms with Crippen molar-refractivity contribution in [3.63, 3.8) is 0 Å². The van der Waals surface area contributed by atoms with E-state index in [0.29, 0.717) is 43.8 Å². The Morgan fingerprint density at radius 3 is 2.21 bits per heavy atom. The fraction of sp³-hybridized carbons (Fsp3) is 0.593. The minimum Gasteiger partial charge on any atom is -0.466 e. The maximum atomic E-state index is 12.3. The third kappa shape index (κ3) is 9.47. The highest BCUT2D eigenvalue weighted by molar-refractivity contribution is 6.74. The van der Waals surface area contributed by atoms with Crippen LogP contribution >= 0.6 is 0 Å². The number of benzene rings is 1. The molecule has 0 spiro atoms. The molecule has 1 aromatic heterocycles. The van der Waals surface area contributed by atoms with Crippen LogP contribution in [0.25, 0.3) is 0 Å². The first kappa shape index (κ1) is 28.5. The molecule has 2 rings (SSSR count). The first-order chi connectivity index (χ1) is 15.9. The van der Waals surface area contributed by atoms with Crippen LogP contribution in [0.5, 0.6) is 0 Å². The van der Waals surface area contributed by atoms with Gasteiger partial charge in [-0.25, -0.2) is 0 Å². The molecule has 0 fully saturated rings. The Balaban J connectivity index is 2.12. The van der Waals surface area contributed by atoms with Gasteiger partial charge in [-0.3, -0.25) is 4.79 Å². The molecule has 0 radical (unpaired) electrons. The molecule has 6 nitrogen and oxygen atoms in total. The van der Waals surface area contributed by atoms with E-state index in [0.717, 1.165) is 5.56 Å². The zero-order valence-corrected chi connectivity index (χ0v) is 22.5. The van der Waals surface area contributed by atoms with Crippen molar-refractivity contribution >= 4 is 8.32 Å². The van der Waals surface area contributed by atoms with E-state index in [9.17, 15) is 15.0 Å². The quantitative estimate of drug-likeness (QED) is 0.390. The summed E-state index contributed by atoms with van der Waals surface area (Å²) in [6, 6.07) is 12.7. The summed E-state index contributed by atoms with van der Waals surface area (Å²) in [4.78, 5) is 12.3. The Kier molecular flexibility index (Phi) is 10.7. The molecular weight excluding hydrogens is 448 g/mol. The average Bonchev–Trinajstić information content (AvgIpc) is 2.72. The van der Waals surface area contributed by atoms with Crippen LogP contribution in [0.4, 0.5) is 0 Å².